The highest BCUT2D eigenvalue weighted by molar-refractivity contribution is 8.05. The predicted octanol–water partition coefficient (Wildman–Crippen LogP) is 14.5. The van der Waals surface area contributed by atoms with Gasteiger partial charge in [-0.1, -0.05) is 39.5 Å². The molecule has 0 aliphatic rings. The Hall–Kier alpha value is -9.42. The van der Waals surface area contributed by atoms with Crippen LogP contribution in [0, 0.1) is 0 Å². The smallest absolute Gasteiger partial charge is 0.460 e. The van der Waals surface area contributed by atoms with Crippen LogP contribution in [-0.4, -0.2) is 176 Å². The monoisotopic (exact) mass is 1760 g/mol. The molecule has 46 heteroatoms. The lowest BCUT2D eigenvalue weighted by Crippen LogP contribution is -2.67. The predicted molar refractivity (Wildman–Crippen MR) is 375 cm³/mol. The van der Waals surface area contributed by atoms with Crippen LogP contribution in [0.3, 0.4) is 0 Å². The molecule has 0 aliphatic carbocycles. The fourth-order valence-corrected chi connectivity index (χ4v) is 16.2. The van der Waals surface area contributed by atoms with Crippen molar-refractivity contribution in [1.29, 1.82) is 0 Å². The number of alkyl halides is 16. The van der Waals surface area contributed by atoms with E-state index in [1.54, 1.807) is 0 Å². The fraction of sp³-hybridized carbons (Fsp3) is 0.294. The van der Waals surface area contributed by atoms with Crippen LogP contribution < -0.4 is 28.4 Å². The molecule has 0 fully saturated rings. The van der Waals surface area contributed by atoms with Crippen molar-refractivity contribution in [2.45, 2.75) is 74.1 Å². The first-order valence-electron chi connectivity index (χ1n) is 31.1. The van der Waals surface area contributed by atoms with Gasteiger partial charge in [0.25, 0.3) is 0 Å². The van der Waals surface area contributed by atoms with Gasteiger partial charge in [0.1, 0.15) is 114 Å². The molecule has 2 atom stereocenters. The Morgan fingerprint density at radius 2 is 0.412 bits per heavy atom. The number of hydrogen-bond acceptors (Lipinski definition) is 22. The van der Waals surface area contributed by atoms with E-state index in [-0.39, 0.29) is 21.8 Å². The van der Waals surface area contributed by atoms with Crippen molar-refractivity contribution in [1.82, 2.24) is 0 Å². The molecule has 24 nitrogen and oxygen atoms in total. The Morgan fingerprint density at radius 3 is 0.518 bits per heavy atom. The molecular weight excluding hydrogens is 1700 g/mol. The average Bonchev–Trinajstić information content (AvgIpc) is 0.708. The minimum Gasteiger partial charge on any atom is -0.744 e. The molecule has 0 bridgehead atoms. The van der Waals surface area contributed by atoms with E-state index in [1.165, 1.54) is 37.6 Å². The summed E-state index contributed by atoms with van der Waals surface area (Å²) in [4.78, 5) is 6.98. The van der Waals surface area contributed by atoms with E-state index in [1.807, 2.05) is 72.8 Å². The van der Waals surface area contributed by atoms with Gasteiger partial charge in [0.05, 0.1) is 59.4 Å². The zero-order chi connectivity index (χ0) is 86.3. The Bertz CT molecular complexity index is 3860. The molecule has 0 saturated heterocycles. The number of rotatable bonds is 44. The van der Waals surface area contributed by atoms with Gasteiger partial charge in [0.2, 0.25) is 0 Å². The SMILES string of the molecule is C=COCCOc1ccc([S+](c2ccc(OCCOC=C)cc2)c2ccc(OCCOC=C)cc2)cc1.C=COCCOc1ccc([S+](c2ccc(OCCOC=C)cc2)c2ccc(OCCOC=C)cc2)cc1.O=S(=O)([O-])C(F)(C(F)(F)C(F)(F)C(F)(F)F)S(=O)(=O)O.O=S(=O)([O-])C(F)(C(F)(F)C(F)(F)C(F)(F)F)S(=O)(=O)O. The van der Waals surface area contributed by atoms with Crippen LogP contribution in [-0.2, 0) is 90.7 Å². The van der Waals surface area contributed by atoms with Gasteiger partial charge in [0, 0.05) is 0 Å². The maximum Gasteiger partial charge on any atom is 0.460 e. The maximum atomic E-state index is 13.1. The summed E-state index contributed by atoms with van der Waals surface area (Å²) in [5.41, 5.74) is 0. The lowest BCUT2D eigenvalue weighted by molar-refractivity contribution is -0.364. The van der Waals surface area contributed by atoms with Crippen LogP contribution in [0.4, 0.5) is 70.2 Å². The van der Waals surface area contributed by atoms with Crippen molar-refractivity contribution in [3.05, 3.63) is 223 Å². The number of ether oxygens (including phenoxy) is 12. The van der Waals surface area contributed by atoms with Gasteiger partial charge in [-0.25, -0.2) is 16.8 Å². The highest BCUT2D eigenvalue weighted by Crippen LogP contribution is 2.57. The molecule has 2 N–H and O–H groups in total. The highest BCUT2D eigenvalue weighted by atomic mass is 32.3. The molecule has 6 aromatic carbocycles. The number of benzene rings is 6. The van der Waals surface area contributed by atoms with Crippen LogP contribution in [0.25, 0.3) is 0 Å². The molecule has 0 aliphatic heterocycles. The minimum atomic E-state index is -7.71. The zero-order valence-corrected chi connectivity index (χ0v) is 63.3. The van der Waals surface area contributed by atoms with Crippen molar-refractivity contribution >= 4 is 62.3 Å². The molecule has 6 rings (SSSR count). The quantitative estimate of drug-likeness (QED) is 0.0118. The summed E-state index contributed by atoms with van der Waals surface area (Å²) in [5, 5.41) is 0. The molecule has 114 heavy (non-hydrogen) atoms. The van der Waals surface area contributed by atoms with Gasteiger partial charge in [-0.15, -0.1) is 0 Å². The molecule has 0 aromatic heterocycles. The molecule has 0 saturated carbocycles. The summed E-state index contributed by atoms with van der Waals surface area (Å²) in [6.45, 7) is 26.7. The summed E-state index contributed by atoms with van der Waals surface area (Å²) < 4.78 is 365. The molecular formula is C68H68F16O24S6. The van der Waals surface area contributed by atoms with E-state index >= 15 is 0 Å². The third-order valence-electron chi connectivity index (χ3n) is 13.4. The van der Waals surface area contributed by atoms with Gasteiger partial charge < -0.3 is 65.9 Å². The molecule has 0 heterocycles. The lowest BCUT2D eigenvalue weighted by atomic mass is 10.2. The van der Waals surface area contributed by atoms with E-state index in [0.29, 0.717) is 79.3 Å². The fourth-order valence-electron chi connectivity index (χ4n) is 8.22. The van der Waals surface area contributed by atoms with Gasteiger partial charge in [-0.2, -0.15) is 87.1 Å². The van der Waals surface area contributed by atoms with E-state index in [9.17, 15) is 113 Å². The van der Waals surface area contributed by atoms with E-state index in [0.717, 1.165) is 63.9 Å². The summed E-state index contributed by atoms with van der Waals surface area (Å²) in [7, 11) is -31.1. The van der Waals surface area contributed by atoms with E-state index in [4.69, 9.17) is 65.9 Å². The lowest BCUT2D eigenvalue weighted by Gasteiger charge is -2.36. The molecule has 0 spiro atoms. The van der Waals surface area contributed by atoms with Gasteiger partial charge in [-0.05, 0) is 146 Å². The van der Waals surface area contributed by atoms with Gasteiger partial charge in [-0.3, -0.25) is 9.11 Å². The summed E-state index contributed by atoms with van der Waals surface area (Å²) in [6, 6.07) is 49.0. The first-order valence-corrected chi connectivity index (χ1v) is 39.2. The first kappa shape index (κ1) is 98.8. The molecule has 6 aromatic rings. The van der Waals surface area contributed by atoms with Crippen LogP contribution in [0.2, 0.25) is 0 Å². The third kappa shape index (κ3) is 26.3. The van der Waals surface area contributed by atoms with E-state index < -0.39 is 85.2 Å². The second-order valence-electron chi connectivity index (χ2n) is 21.0. The van der Waals surface area contributed by atoms with Crippen molar-refractivity contribution in [2.24, 2.45) is 0 Å². The third-order valence-corrected chi connectivity index (χ3v) is 24.0. The second-order valence-corrected chi connectivity index (χ2v) is 31.5. The Labute approximate surface area is 648 Å². The van der Waals surface area contributed by atoms with Crippen LogP contribution in [0.15, 0.2) is 252 Å². The van der Waals surface area contributed by atoms with Crippen molar-refractivity contribution in [3.8, 4) is 34.5 Å². The zero-order valence-electron chi connectivity index (χ0n) is 58.4. The molecule has 632 valence electrons. The van der Waals surface area contributed by atoms with Gasteiger partial charge >= 0.3 is 64.9 Å². The van der Waals surface area contributed by atoms with Crippen LogP contribution in [0.1, 0.15) is 0 Å². The topological polar surface area (TPSA) is 334 Å². The molecule has 0 amide bonds. The van der Waals surface area contributed by atoms with E-state index in [2.05, 4.69) is 112 Å². The van der Waals surface area contributed by atoms with Crippen molar-refractivity contribution in [2.75, 3.05) is 79.3 Å². The Morgan fingerprint density at radius 1 is 0.272 bits per heavy atom. The largest absolute Gasteiger partial charge is 0.744 e. The average molecular weight is 1770 g/mol. The standard InChI is InChI=1S/2C30H33O6S.2C4H2F8O6S2/c2*1-4-31-19-22-34-25-7-13-28(14-8-25)37(29-15-9-26(10-16-29)35-23-20-32-5-2)30-17-11-27(12-18-30)36-24-21-33-6-3;2*5-1(6,3(9,10)11)2(7,8)4(12,19(13,14)15)20(16,17)18/h2*4-18H,1-3,19-24H2;2*(H,13,14,15)(H,16,17,18)/q2*+1;;/p-2. The Balaban J connectivity index is 0.000000411. The number of hydrogen-bond donors (Lipinski definition) is 2. The summed E-state index contributed by atoms with van der Waals surface area (Å²) in [6.07, 6.45) is -6.19. The Kier molecular flexibility index (Phi) is 37.6. The van der Waals surface area contributed by atoms with Crippen LogP contribution in [0.5, 0.6) is 34.5 Å². The molecule has 0 radical (unpaired) electrons. The minimum absolute atomic E-state index is 0.346. The van der Waals surface area contributed by atoms with Crippen molar-refractivity contribution < 1.29 is 179 Å². The van der Waals surface area contributed by atoms with Crippen molar-refractivity contribution in [3.63, 3.8) is 0 Å². The highest BCUT2D eigenvalue weighted by Gasteiger charge is 2.88. The van der Waals surface area contributed by atoms with Crippen LogP contribution >= 0.6 is 0 Å². The molecule has 2 unspecified atom stereocenters. The normalized spacial score (nSPS) is 13.2. The first-order chi connectivity index (χ1) is 53.0. The summed E-state index contributed by atoms with van der Waals surface area (Å²) in [5.74, 6) is -25.8. The summed E-state index contributed by atoms with van der Waals surface area (Å²) >= 11 is 0. The number of halogens is 16. The second kappa shape index (κ2) is 43.3. The maximum absolute atomic E-state index is 13.1. The van der Waals surface area contributed by atoms with Gasteiger partial charge in [0.15, 0.2) is 49.6 Å².